The summed E-state index contributed by atoms with van der Waals surface area (Å²) in [7, 11) is 0. The van der Waals surface area contributed by atoms with E-state index in [1.54, 1.807) is 13.1 Å². The van der Waals surface area contributed by atoms with Crippen LogP contribution in [0.15, 0.2) is 35.4 Å². The minimum atomic E-state index is -0.515. The molecule has 0 saturated carbocycles. The van der Waals surface area contributed by atoms with E-state index in [2.05, 4.69) is 27.4 Å². The number of rotatable bonds is 5. The van der Waals surface area contributed by atoms with Gasteiger partial charge in [-0.15, -0.1) is 0 Å². The van der Waals surface area contributed by atoms with Crippen LogP contribution in [0.25, 0.3) is 0 Å². The second kappa shape index (κ2) is 7.45. The molecule has 0 aromatic heterocycles. The zero-order chi connectivity index (χ0) is 11.6. The number of hydrogen-bond donors (Lipinski definition) is 1. The van der Waals surface area contributed by atoms with Crippen LogP contribution in [0.2, 0.25) is 0 Å². The Morgan fingerprint density at radius 1 is 1.44 bits per heavy atom. The fourth-order valence-electron chi connectivity index (χ4n) is 1.20. The third kappa shape index (κ3) is 5.14. The lowest BCUT2D eigenvalue weighted by molar-refractivity contribution is 0.152. The maximum absolute atomic E-state index is 10.8. The molecule has 0 aliphatic carbocycles. The molecule has 1 aromatic rings. The first-order valence-corrected chi connectivity index (χ1v) is 5.31. The largest absolute Gasteiger partial charge is 0.449 e. The van der Waals surface area contributed by atoms with Gasteiger partial charge >= 0.3 is 6.09 Å². The van der Waals surface area contributed by atoms with Gasteiger partial charge in [-0.1, -0.05) is 30.3 Å². The maximum Gasteiger partial charge on any atom is 0.427 e. The van der Waals surface area contributed by atoms with Crippen molar-refractivity contribution in [1.29, 1.82) is 0 Å². The fourth-order valence-corrected chi connectivity index (χ4v) is 1.20. The molecular weight excluding hydrogens is 204 g/mol. The SMILES string of the molecule is CCOC(=O)N/N=C/CCc1ccccc1. The molecule has 1 amide bonds. The number of ether oxygens (including phenoxy) is 1. The average Bonchev–Trinajstić information content (AvgIpc) is 2.30. The summed E-state index contributed by atoms with van der Waals surface area (Å²) in [6, 6.07) is 10.1. The van der Waals surface area contributed by atoms with Gasteiger partial charge in [-0.2, -0.15) is 5.10 Å². The van der Waals surface area contributed by atoms with Crippen LogP contribution in [0.4, 0.5) is 4.79 Å². The van der Waals surface area contributed by atoms with E-state index in [0.717, 1.165) is 12.8 Å². The van der Waals surface area contributed by atoms with E-state index in [1.807, 2.05) is 18.2 Å². The molecule has 1 N–H and O–H groups in total. The Morgan fingerprint density at radius 2 is 2.19 bits per heavy atom. The van der Waals surface area contributed by atoms with Crippen LogP contribution >= 0.6 is 0 Å². The number of benzene rings is 1. The summed E-state index contributed by atoms with van der Waals surface area (Å²) in [5, 5.41) is 3.76. The van der Waals surface area contributed by atoms with Crippen molar-refractivity contribution in [3.8, 4) is 0 Å². The van der Waals surface area contributed by atoms with Gasteiger partial charge in [-0.25, -0.2) is 10.2 Å². The highest BCUT2D eigenvalue weighted by molar-refractivity contribution is 5.69. The van der Waals surface area contributed by atoms with Crippen molar-refractivity contribution in [3.05, 3.63) is 35.9 Å². The molecule has 0 unspecified atom stereocenters. The van der Waals surface area contributed by atoms with Gasteiger partial charge in [0.1, 0.15) is 0 Å². The van der Waals surface area contributed by atoms with E-state index in [4.69, 9.17) is 0 Å². The third-order valence-corrected chi connectivity index (χ3v) is 1.93. The average molecular weight is 220 g/mol. The lowest BCUT2D eigenvalue weighted by Crippen LogP contribution is -2.18. The molecule has 0 bridgehead atoms. The smallest absolute Gasteiger partial charge is 0.427 e. The first-order chi connectivity index (χ1) is 7.83. The molecule has 0 heterocycles. The standard InChI is InChI=1S/C12H16N2O2/c1-2-16-12(15)14-13-10-6-9-11-7-4-3-5-8-11/h3-5,7-8,10H,2,6,9H2,1H3,(H,14,15)/b13-10+. The van der Waals surface area contributed by atoms with Crippen molar-refractivity contribution in [1.82, 2.24) is 5.43 Å². The zero-order valence-corrected chi connectivity index (χ0v) is 9.35. The molecule has 4 nitrogen and oxygen atoms in total. The van der Waals surface area contributed by atoms with Crippen molar-refractivity contribution in [3.63, 3.8) is 0 Å². The molecule has 0 aliphatic rings. The Bertz CT molecular complexity index is 336. The van der Waals surface area contributed by atoms with Crippen molar-refractivity contribution >= 4 is 12.3 Å². The normalized spacial score (nSPS) is 10.3. The Labute approximate surface area is 95.3 Å². The Balaban J connectivity index is 2.16. The van der Waals surface area contributed by atoms with E-state index < -0.39 is 6.09 Å². The first-order valence-electron chi connectivity index (χ1n) is 5.31. The molecule has 0 atom stereocenters. The maximum atomic E-state index is 10.8. The number of hydrazone groups is 1. The number of hydrogen-bond acceptors (Lipinski definition) is 3. The molecule has 16 heavy (non-hydrogen) atoms. The molecule has 86 valence electrons. The second-order valence-electron chi connectivity index (χ2n) is 3.17. The van der Waals surface area contributed by atoms with Crippen LogP contribution in [0.5, 0.6) is 0 Å². The van der Waals surface area contributed by atoms with Crippen LogP contribution in [0.1, 0.15) is 18.9 Å². The number of nitrogens with one attached hydrogen (secondary N) is 1. The molecule has 1 rings (SSSR count). The van der Waals surface area contributed by atoms with Gasteiger partial charge in [0, 0.05) is 6.21 Å². The van der Waals surface area contributed by atoms with Gasteiger partial charge in [-0.05, 0) is 25.3 Å². The van der Waals surface area contributed by atoms with Crippen LogP contribution in [0.3, 0.4) is 0 Å². The lowest BCUT2D eigenvalue weighted by atomic mass is 10.1. The minimum absolute atomic E-state index is 0.353. The summed E-state index contributed by atoms with van der Waals surface area (Å²) in [4.78, 5) is 10.8. The molecule has 0 saturated heterocycles. The number of amides is 1. The molecule has 0 fully saturated rings. The van der Waals surface area contributed by atoms with Crippen molar-refractivity contribution in [2.24, 2.45) is 5.10 Å². The highest BCUT2D eigenvalue weighted by atomic mass is 16.5. The first kappa shape index (κ1) is 12.2. The van der Waals surface area contributed by atoms with Gasteiger partial charge in [0.15, 0.2) is 0 Å². The van der Waals surface area contributed by atoms with Crippen molar-refractivity contribution < 1.29 is 9.53 Å². The summed E-state index contributed by atoms with van der Waals surface area (Å²) >= 11 is 0. The molecular formula is C12H16N2O2. The molecule has 1 aromatic carbocycles. The highest BCUT2D eigenvalue weighted by Gasteiger charge is 1.94. The van der Waals surface area contributed by atoms with E-state index in [0.29, 0.717) is 6.61 Å². The van der Waals surface area contributed by atoms with E-state index >= 15 is 0 Å². The van der Waals surface area contributed by atoms with Gasteiger partial charge in [-0.3, -0.25) is 0 Å². The predicted molar refractivity (Wildman–Crippen MR) is 63.4 cm³/mol. The van der Waals surface area contributed by atoms with E-state index in [-0.39, 0.29) is 0 Å². The van der Waals surface area contributed by atoms with Gasteiger partial charge in [0.2, 0.25) is 0 Å². The van der Waals surface area contributed by atoms with Crippen LogP contribution in [0, 0.1) is 0 Å². The Kier molecular flexibility index (Phi) is 5.70. The van der Waals surface area contributed by atoms with Crippen LogP contribution < -0.4 is 5.43 Å². The van der Waals surface area contributed by atoms with Gasteiger partial charge in [0.25, 0.3) is 0 Å². The molecule has 0 aliphatic heterocycles. The topological polar surface area (TPSA) is 50.7 Å². The summed E-state index contributed by atoms with van der Waals surface area (Å²) < 4.78 is 4.64. The fraction of sp³-hybridized carbons (Fsp3) is 0.333. The lowest BCUT2D eigenvalue weighted by Gasteiger charge is -1.99. The van der Waals surface area contributed by atoms with E-state index in [9.17, 15) is 4.79 Å². The number of carbonyl (C=O) groups excluding carboxylic acids is 1. The Morgan fingerprint density at radius 3 is 2.88 bits per heavy atom. The monoisotopic (exact) mass is 220 g/mol. The quantitative estimate of drug-likeness (QED) is 0.611. The summed E-state index contributed by atoms with van der Waals surface area (Å²) in [6.45, 7) is 2.10. The van der Waals surface area contributed by atoms with Crippen LogP contribution in [-0.4, -0.2) is 18.9 Å². The molecule has 0 spiro atoms. The van der Waals surface area contributed by atoms with Gasteiger partial charge < -0.3 is 4.74 Å². The molecule has 0 radical (unpaired) electrons. The summed E-state index contributed by atoms with van der Waals surface area (Å²) in [5.41, 5.74) is 3.53. The number of nitrogens with zero attached hydrogens (tertiary/aromatic N) is 1. The summed E-state index contributed by atoms with van der Waals surface area (Å²) in [6.07, 6.45) is 2.85. The number of carbonyl (C=O) groups is 1. The predicted octanol–water partition coefficient (Wildman–Crippen LogP) is 2.35. The van der Waals surface area contributed by atoms with Crippen molar-refractivity contribution in [2.45, 2.75) is 19.8 Å². The van der Waals surface area contributed by atoms with Crippen LogP contribution in [-0.2, 0) is 11.2 Å². The zero-order valence-electron chi connectivity index (χ0n) is 9.35. The van der Waals surface area contributed by atoms with E-state index in [1.165, 1.54) is 5.56 Å². The summed E-state index contributed by atoms with van der Waals surface area (Å²) in [5.74, 6) is 0. The number of aryl methyl sites for hydroxylation is 1. The minimum Gasteiger partial charge on any atom is -0.449 e. The molecule has 4 heteroatoms. The second-order valence-corrected chi connectivity index (χ2v) is 3.17. The Hall–Kier alpha value is -1.84. The van der Waals surface area contributed by atoms with Crippen molar-refractivity contribution in [2.75, 3.05) is 6.61 Å². The third-order valence-electron chi connectivity index (χ3n) is 1.93. The van der Waals surface area contributed by atoms with Gasteiger partial charge in [0.05, 0.1) is 6.61 Å². The highest BCUT2D eigenvalue weighted by Crippen LogP contribution is 2.00.